The molecule has 0 heterocycles. The lowest BCUT2D eigenvalue weighted by Crippen LogP contribution is -3.00. The van der Waals surface area contributed by atoms with Crippen LogP contribution in [0.25, 0.3) is 0 Å². The fraction of sp³-hybridized carbons (Fsp3) is 0.667. The SMILES string of the molecule is CC(=O)N(C(C)=O)C(C)C#CC[N+](C)(C)C.[I-]. The van der Waals surface area contributed by atoms with Gasteiger partial charge in [0.2, 0.25) is 11.8 Å². The monoisotopic (exact) mass is 352 g/mol. The summed E-state index contributed by atoms with van der Waals surface area (Å²) in [4.78, 5) is 23.6. The second-order valence-electron chi connectivity index (χ2n) is 4.85. The first-order valence-corrected chi connectivity index (χ1v) is 5.24. The highest BCUT2D eigenvalue weighted by Gasteiger charge is 2.18. The van der Waals surface area contributed by atoms with Gasteiger partial charge in [-0.3, -0.25) is 14.5 Å². The Hall–Kier alpha value is -0.610. The van der Waals surface area contributed by atoms with Crippen molar-refractivity contribution < 1.29 is 38.0 Å². The number of carbonyl (C=O) groups is 2. The first-order valence-electron chi connectivity index (χ1n) is 5.24. The van der Waals surface area contributed by atoms with Crippen LogP contribution in [-0.2, 0) is 9.59 Å². The summed E-state index contributed by atoms with van der Waals surface area (Å²) >= 11 is 0. The smallest absolute Gasteiger partial charge is 0.227 e. The van der Waals surface area contributed by atoms with E-state index in [1.807, 2.05) is 21.1 Å². The van der Waals surface area contributed by atoms with Gasteiger partial charge in [-0.15, -0.1) is 0 Å². The Balaban J connectivity index is 0. The fourth-order valence-corrected chi connectivity index (χ4v) is 1.26. The maximum absolute atomic E-state index is 11.2. The van der Waals surface area contributed by atoms with Gasteiger partial charge in [0.15, 0.2) is 0 Å². The number of hydrogen-bond donors (Lipinski definition) is 0. The largest absolute Gasteiger partial charge is 1.00 e. The first kappa shape index (κ1) is 18.7. The van der Waals surface area contributed by atoms with E-state index in [4.69, 9.17) is 0 Å². The van der Waals surface area contributed by atoms with Gasteiger partial charge in [0.25, 0.3) is 0 Å². The summed E-state index contributed by atoms with van der Waals surface area (Å²) in [5, 5.41) is 0. The van der Waals surface area contributed by atoms with Gasteiger partial charge in [-0.05, 0) is 12.8 Å². The van der Waals surface area contributed by atoms with Crippen molar-refractivity contribution in [2.24, 2.45) is 0 Å². The van der Waals surface area contributed by atoms with Crippen LogP contribution in [0.15, 0.2) is 0 Å². The zero-order valence-electron chi connectivity index (χ0n) is 11.4. The second-order valence-corrected chi connectivity index (χ2v) is 4.85. The van der Waals surface area contributed by atoms with Crippen LogP contribution in [0.4, 0.5) is 0 Å². The molecule has 0 saturated carbocycles. The summed E-state index contributed by atoms with van der Waals surface area (Å²) in [5.74, 6) is 5.38. The van der Waals surface area contributed by atoms with Crippen LogP contribution in [0, 0.1) is 11.8 Å². The van der Waals surface area contributed by atoms with Gasteiger partial charge in [0.05, 0.1) is 27.2 Å². The lowest BCUT2D eigenvalue weighted by atomic mass is 10.2. The van der Waals surface area contributed by atoms with Gasteiger partial charge in [-0.2, -0.15) is 0 Å². The van der Waals surface area contributed by atoms with E-state index in [9.17, 15) is 9.59 Å². The Morgan fingerprint density at radius 2 is 1.59 bits per heavy atom. The third kappa shape index (κ3) is 8.16. The molecule has 1 unspecified atom stereocenters. The molecule has 0 aliphatic carbocycles. The van der Waals surface area contributed by atoms with Crippen molar-refractivity contribution in [2.45, 2.75) is 26.8 Å². The molecule has 0 aliphatic rings. The van der Waals surface area contributed by atoms with Crippen molar-refractivity contribution >= 4 is 11.8 Å². The summed E-state index contributed by atoms with van der Waals surface area (Å²) < 4.78 is 0.736. The number of hydrogen-bond acceptors (Lipinski definition) is 2. The third-order valence-electron chi connectivity index (χ3n) is 1.93. The lowest BCUT2D eigenvalue weighted by Gasteiger charge is -2.22. The maximum Gasteiger partial charge on any atom is 0.227 e. The van der Waals surface area contributed by atoms with Crippen LogP contribution >= 0.6 is 0 Å². The fourth-order valence-electron chi connectivity index (χ4n) is 1.26. The molecular formula is C12H21IN2O2. The highest BCUT2D eigenvalue weighted by molar-refractivity contribution is 5.93. The minimum atomic E-state index is -0.360. The van der Waals surface area contributed by atoms with Crippen molar-refractivity contribution in [1.29, 1.82) is 0 Å². The highest BCUT2D eigenvalue weighted by atomic mass is 127. The van der Waals surface area contributed by atoms with Gasteiger partial charge in [0, 0.05) is 13.8 Å². The van der Waals surface area contributed by atoms with Crippen molar-refractivity contribution in [3.63, 3.8) is 0 Å². The Morgan fingerprint density at radius 3 is 1.88 bits per heavy atom. The van der Waals surface area contributed by atoms with E-state index in [0.29, 0.717) is 6.54 Å². The van der Waals surface area contributed by atoms with E-state index in [-0.39, 0.29) is 41.8 Å². The lowest BCUT2D eigenvalue weighted by molar-refractivity contribution is -0.862. The predicted octanol–water partition coefficient (Wildman–Crippen LogP) is -2.52. The average molecular weight is 352 g/mol. The number of rotatable bonds is 2. The number of quaternary nitrogens is 1. The molecule has 0 aromatic heterocycles. The van der Waals surface area contributed by atoms with E-state index in [1.165, 1.54) is 18.7 Å². The number of amides is 2. The molecule has 0 spiro atoms. The predicted molar refractivity (Wildman–Crippen MR) is 63.3 cm³/mol. The molecule has 1 atom stereocenters. The van der Waals surface area contributed by atoms with Gasteiger partial charge >= 0.3 is 0 Å². The first-order chi connectivity index (χ1) is 7.15. The summed E-state index contributed by atoms with van der Waals surface area (Å²) in [6.07, 6.45) is 0. The topological polar surface area (TPSA) is 37.4 Å². The van der Waals surface area contributed by atoms with E-state index < -0.39 is 0 Å². The molecule has 0 fully saturated rings. The minimum Gasteiger partial charge on any atom is -1.00 e. The van der Waals surface area contributed by atoms with Crippen LogP contribution in [0.2, 0.25) is 0 Å². The van der Waals surface area contributed by atoms with Gasteiger partial charge in [-0.1, -0.05) is 5.92 Å². The Bertz CT molecular complexity index is 323. The molecule has 0 saturated heterocycles. The quantitative estimate of drug-likeness (QED) is 0.313. The van der Waals surface area contributed by atoms with Crippen molar-refractivity contribution in [1.82, 2.24) is 4.90 Å². The van der Waals surface area contributed by atoms with Crippen LogP contribution in [-0.4, -0.2) is 54.9 Å². The maximum atomic E-state index is 11.2. The molecule has 4 nitrogen and oxygen atoms in total. The second kappa shape index (κ2) is 7.67. The van der Waals surface area contributed by atoms with Crippen molar-refractivity contribution in [3.8, 4) is 11.8 Å². The van der Waals surface area contributed by atoms with Crippen LogP contribution in [0.3, 0.4) is 0 Å². The third-order valence-corrected chi connectivity index (χ3v) is 1.93. The van der Waals surface area contributed by atoms with Crippen LogP contribution in [0.1, 0.15) is 20.8 Å². The van der Waals surface area contributed by atoms with Crippen LogP contribution < -0.4 is 24.0 Å². The zero-order chi connectivity index (χ0) is 12.9. The molecule has 0 aromatic carbocycles. The normalized spacial score (nSPS) is 11.6. The van der Waals surface area contributed by atoms with Crippen LogP contribution in [0.5, 0.6) is 0 Å². The summed E-state index contributed by atoms with van der Waals surface area (Å²) in [5.41, 5.74) is 0. The Morgan fingerprint density at radius 1 is 1.18 bits per heavy atom. The van der Waals surface area contributed by atoms with Gasteiger partial charge < -0.3 is 28.5 Å². The Kier molecular flexibility index (Phi) is 8.45. The highest BCUT2D eigenvalue weighted by Crippen LogP contribution is 1.99. The molecule has 98 valence electrons. The summed E-state index contributed by atoms with van der Waals surface area (Å²) in [6.45, 7) is 5.19. The number of nitrogens with zero attached hydrogens (tertiary/aromatic N) is 2. The summed E-state index contributed by atoms with van der Waals surface area (Å²) in [7, 11) is 6.10. The van der Waals surface area contributed by atoms with Crippen molar-refractivity contribution in [3.05, 3.63) is 0 Å². The standard InChI is InChI=1S/C12H21N2O2.HI/c1-10(8-7-9-14(4,5)6)13(11(2)15)12(3)16;/h10H,9H2,1-6H3;1H/q+1;/p-1. The minimum absolute atomic E-state index is 0. The van der Waals surface area contributed by atoms with E-state index in [0.717, 1.165) is 4.48 Å². The molecule has 2 amide bonds. The van der Waals surface area contributed by atoms with Crippen molar-refractivity contribution in [2.75, 3.05) is 27.7 Å². The van der Waals surface area contributed by atoms with E-state index in [2.05, 4.69) is 11.8 Å². The molecule has 0 bridgehead atoms. The molecule has 0 radical (unpaired) electrons. The number of imide groups is 1. The molecule has 0 aromatic rings. The summed E-state index contributed by atoms with van der Waals surface area (Å²) in [6, 6.07) is -0.360. The number of halogens is 1. The number of carbonyl (C=O) groups excluding carboxylic acids is 2. The average Bonchev–Trinajstić information content (AvgIpc) is 1.99. The molecule has 0 aliphatic heterocycles. The molecule has 0 rings (SSSR count). The zero-order valence-corrected chi connectivity index (χ0v) is 13.5. The van der Waals surface area contributed by atoms with Gasteiger partial charge in [-0.25, -0.2) is 0 Å². The molecule has 17 heavy (non-hydrogen) atoms. The van der Waals surface area contributed by atoms with E-state index in [1.54, 1.807) is 6.92 Å². The van der Waals surface area contributed by atoms with Gasteiger partial charge in [0.1, 0.15) is 6.54 Å². The molecule has 0 N–H and O–H groups in total. The molecular weight excluding hydrogens is 331 g/mol. The Labute approximate surface area is 121 Å². The molecule has 5 heteroatoms. The van der Waals surface area contributed by atoms with E-state index >= 15 is 0 Å².